The van der Waals surface area contributed by atoms with E-state index >= 15 is 0 Å². The number of hydrogen-bond donors (Lipinski definition) is 1. The van der Waals surface area contributed by atoms with Crippen molar-refractivity contribution in [1.82, 2.24) is 9.97 Å². The molecule has 4 heteroatoms. The molecule has 19 heavy (non-hydrogen) atoms. The highest BCUT2D eigenvalue weighted by Gasteiger charge is 2.13. The van der Waals surface area contributed by atoms with E-state index in [2.05, 4.69) is 23.0 Å². The molecule has 0 aliphatic carbocycles. The first kappa shape index (κ1) is 13.2. The Labute approximate surface area is 112 Å². The van der Waals surface area contributed by atoms with Crippen molar-refractivity contribution in [3.8, 4) is 11.1 Å². The predicted molar refractivity (Wildman–Crippen MR) is 74.7 cm³/mol. The highest BCUT2D eigenvalue weighted by molar-refractivity contribution is 5.96. The normalized spacial score (nSPS) is 10.4. The van der Waals surface area contributed by atoms with Crippen molar-refractivity contribution in [3.05, 3.63) is 47.5 Å². The third kappa shape index (κ3) is 2.62. The van der Waals surface area contributed by atoms with Gasteiger partial charge in [-0.2, -0.15) is 0 Å². The second-order valence-corrected chi connectivity index (χ2v) is 4.36. The Morgan fingerprint density at radius 1 is 1.11 bits per heavy atom. The van der Waals surface area contributed by atoms with E-state index in [9.17, 15) is 4.79 Å². The topological polar surface area (TPSA) is 68.9 Å². The van der Waals surface area contributed by atoms with Crippen LogP contribution in [0.15, 0.2) is 30.9 Å². The zero-order valence-corrected chi connectivity index (χ0v) is 11.2. The molecule has 2 aromatic rings. The van der Waals surface area contributed by atoms with Gasteiger partial charge in [-0.1, -0.05) is 19.9 Å². The number of aryl methyl sites for hydroxylation is 1. The quantitative estimate of drug-likeness (QED) is 0.911. The predicted octanol–water partition coefficient (Wildman–Crippen LogP) is 2.37. The fourth-order valence-electron chi connectivity index (χ4n) is 2.30. The molecule has 1 aromatic heterocycles. The van der Waals surface area contributed by atoms with E-state index in [1.54, 1.807) is 12.4 Å². The van der Waals surface area contributed by atoms with Crippen LogP contribution in [-0.2, 0) is 12.8 Å². The van der Waals surface area contributed by atoms with Crippen LogP contribution in [0.4, 0.5) is 0 Å². The first-order chi connectivity index (χ1) is 9.17. The van der Waals surface area contributed by atoms with Crippen LogP contribution >= 0.6 is 0 Å². The number of primary amides is 1. The van der Waals surface area contributed by atoms with Crippen LogP contribution in [0.3, 0.4) is 0 Å². The number of hydrogen-bond acceptors (Lipinski definition) is 3. The van der Waals surface area contributed by atoms with Crippen LogP contribution in [0, 0.1) is 0 Å². The Kier molecular flexibility index (Phi) is 3.90. The first-order valence-corrected chi connectivity index (χ1v) is 6.38. The number of amides is 1. The number of nitrogens with two attached hydrogens (primary N) is 1. The first-order valence-electron chi connectivity index (χ1n) is 6.38. The summed E-state index contributed by atoms with van der Waals surface area (Å²) in [6.07, 6.45) is 6.62. The largest absolute Gasteiger partial charge is 0.366 e. The van der Waals surface area contributed by atoms with Crippen molar-refractivity contribution in [3.63, 3.8) is 0 Å². The standard InChI is InChI=1S/C15H17N3O/c1-3-10-5-11(12-7-17-9-18-8-12)6-14(15(16)19)13(10)4-2/h5-9H,3-4H2,1-2H3,(H2,16,19). The van der Waals surface area contributed by atoms with E-state index in [1.807, 2.05) is 13.0 Å². The molecule has 0 radical (unpaired) electrons. The highest BCUT2D eigenvalue weighted by atomic mass is 16.1. The molecule has 0 saturated heterocycles. The molecule has 0 aliphatic rings. The van der Waals surface area contributed by atoms with E-state index < -0.39 is 0 Å². The van der Waals surface area contributed by atoms with Crippen molar-refractivity contribution < 1.29 is 4.79 Å². The minimum absolute atomic E-state index is 0.384. The average Bonchev–Trinajstić information content (AvgIpc) is 2.46. The van der Waals surface area contributed by atoms with E-state index in [0.717, 1.165) is 35.1 Å². The van der Waals surface area contributed by atoms with Gasteiger partial charge in [0.05, 0.1) is 0 Å². The van der Waals surface area contributed by atoms with Crippen molar-refractivity contribution >= 4 is 5.91 Å². The molecule has 0 fully saturated rings. The van der Waals surface area contributed by atoms with Crippen LogP contribution in [0.2, 0.25) is 0 Å². The molecular weight excluding hydrogens is 238 g/mol. The number of aromatic nitrogens is 2. The van der Waals surface area contributed by atoms with E-state index in [1.165, 1.54) is 6.33 Å². The summed E-state index contributed by atoms with van der Waals surface area (Å²) in [5.74, 6) is -0.384. The summed E-state index contributed by atoms with van der Waals surface area (Å²) in [5, 5.41) is 0. The number of carbonyl (C=O) groups excluding carboxylic acids is 1. The van der Waals surface area contributed by atoms with Gasteiger partial charge in [0.2, 0.25) is 5.91 Å². The number of carbonyl (C=O) groups is 1. The van der Waals surface area contributed by atoms with Gasteiger partial charge in [-0.05, 0) is 35.6 Å². The van der Waals surface area contributed by atoms with Crippen molar-refractivity contribution in [2.24, 2.45) is 5.73 Å². The summed E-state index contributed by atoms with van der Waals surface area (Å²) in [7, 11) is 0. The third-order valence-electron chi connectivity index (χ3n) is 3.24. The molecule has 1 aromatic carbocycles. The molecule has 1 amide bonds. The molecule has 1 heterocycles. The van der Waals surface area contributed by atoms with Gasteiger partial charge in [0.1, 0.15) is 6.33 Å². The smallest absolute Gasteiger partial charge is 0.249 e. The van der Waals surface area contributed by atoms with Crippen LogP contribution in [0.5, 0.6) is 0 Å². The highest BCUT2D eigenvalue weighted by Crippen LogP contribution is 2.25. The van der Waals surface area contributed by atoms with Gasteiger partial charge in [-0.25, -0.2) is 9.97 Å². The lowest BCUT2D eigenvalue weighted by atomic mass is 9.92. The molecule has 4 nitrogen and oxygen atoms in total. The Balaban J connectivity index is 2.65. The molecule has 0 saturated carbocycles. The fraction of sp³-hybridized carbons (Fsp3) is 0.267. The molecule has 0 atom stereocenters. The van der Waals surface area contributed by atoms with Gasteiger partial charge < -0.3 is 5.73 Å². The number of nitrogens with zero attached hydrogens (tertiary/aromatic N) is 2. The molecule has 0 bridgehead atoms. The summed E-state index contributed by atoms with van der Waals surface area (Å²) in [4.78, 5) is 19.6. The van der Waals surface area contributed by atoms with Gasteiger partial charge in [0.15, 0.2) is 0 Å². The Morgan fingerprint density at radius 3 is 2.32 bits per heavy atom. The Morgan fingerprint density at radius 2 is 1.79 bits per heavy atom. The molecule has 2 rings (SSSR count). The second-order valence-electron chi connectivity index (χ2n) is 4.36. The number of rotatable bonds is 4. The molecular formula is C15H17N3O. The SMILES string of the molecule is CCc1cc(-c2cncnc2)cc(C(N)=O)c1CC. The zero-order valence-electron chi connectivity index (χ0n) is 11.2. The van der Waals surface area contributed by atoms with E-state index in [0.29, 0.717) is 5.56 Å². The lowest BCUT2D eigenvalue weighted by Gasteiger charge is -2.13. The summed E-state index contributed by atoms with van der Waals surface area (Å²) < 4.78 is 0. The van der Waals surface area contributed by atoms with Gasteiger partial charge in [-0.3, -0.25) is 4.79 Å². The monoisotopic (exact) mass is 255 g/mol. The van der Waals surface area contributed by atoms with Crippen molar-refractivity contribution in [2.75, 3.05) is 0 Å². The Hall–Kier alpha value is -2.23. The van der Waals surface area contributed by atoms with Gasteiger partial charge in [0.25, 0.3) is 0 Å². The third-order valence-corrected chi connectivity index (χ3v) is 3.24. The lowest BCUT2D eigenvalue weighted by molar-refractivity contribution is 0.0999. The molecule has 2 N–H and O–H groups in total. The average molecular weight is 255 g/mol. The summed E-state index contributed by atoms with van der Waals surface area (Å²) in [5.41, 5.74) is 10.1. The maximum absolute atomic E-state index is 11.6. The van der Waals surface area contributed by atoms with Crippen molar-refractivity contribution in [1.29, 1.82) is 0 Å². The van der Waals surface area contributed by atoms with E-state index in [4.69, 9.17) is 5.73 Å². The minimum atomic E-state index is -0.384. The molecule has 0 spiro atoms. The van der Waals surface area contributed by atoms with Gasteiger partial charge in [-0.15, -0.1) is 0 Å². The summed E-state index contributed by atoms with van der Waals surface area (Å²) in [6.45, 7) is 4.11. The minimum Gasteiger partial charge on any atom is -0.366 e. The van der Waals surface area contributed by atoms with E-state index in [-0.39, 0.29) is 5.91 Å². The lowest BCUT2D eigenvalue weighted by Crippen LogP contribution is -2.15. The zero-order chi connectivity index (χ0) is 13.8. The van der Waals surface area contributed by atoms with Crippen LogP contribution in [0.25, 0.3) is 11.1 Å². The fourth-order valence-corrected chi connectivity index (χ4v) is 2.30. The van der Waals surface area contributed by atoms with Gasteiger partial charge >= 0.3 is 0 Å². The molecule has 0 unspecified atom stereocenters. The van der Waals surface area contributed by atoms with Crippen LogP contribution in [-0.4, -0.2) is 15.9 Å². The Bertz CT molecular complexity index is 594. The van der Waals surface area contributed by atoms with Crippen molar-refractivity contribution in [2.45, 2.75) is 26.7 Å². The number of benzene rings is 1. The summed E-state index contributed by atoms with van der Waals surface area (Å²) >= 11 is 0. The second kappa shape index (κ2) is 5.61. The van der Waals surface area contributed by atoms with Crippen LogP contribution < -0.4 is 5.73 Å². The maximum Gasteiger partial charge on any atom is 0.249 e. The van der Waals surface area contributed by atoms with Crippen LogP contribution in [0.1, 0.15) is 35.3 Å². The summed E-state index contributed by atoms with van der Waals surface area (Å²) in [6, 6.07) is 3.92. The molecule has 0 aliphatic heterocycles. The molecule has 98 valence electrons. The van der Waals surface area contributed by atoms with Gasteiger partial charge in [0, 0.05) is 23.5 Å². The maximum atomic E-state index is 11.6.